The summed E-state index contributed by atoms with van der Waals surface area (Å²) in [5.74, 6) is -0.991. The van der Waals surface area contributed by atoms with Crippen molar-refractivity contribution in [2.45, 2.75) is 12.5 Å². The first kappa shape index (κ1) is 14.4. The number of imide groups is 1. The molecule has 24 heavy (non-hydrogen) atoms. The van der Waals surface area contributed by atoms with Crippen LogP contribution in [0.1, 0.15) is 18.1 Å². The third-order valence-corrected chi connectivity index (χ3v) is 4.45. The molecule has 1 N–H and O–H groups in total. The maximum absolute atomic E-state index is 13.1. The number of benzene rings is 2. The molecular formula is C18H14N2O4. The summed E-state index contributed by atoms with van der Waals surface area (Å²) in [5, 5.41) is 2.81. The zero-order valence-electron chi connectivity index (χ0n) is 12.9. The van der Waals surface area contributed by atoms with Crippen molar-refractivity contribution in [1.29, 1.82) is 0 Å². The number of nitrogens with one attached hydrogen (secondary N) is 1. The van der Waals surface area contributed by atoms with E-state index in [1.54, 1.807) is 0 Å². The second-order valence-electron chi connectivity index (χ2n) is 5.77. The third kappa shape index (κ3) is 1.73. The van der Waals surface area contributed by atoms with Crippen molar-refractivity contribution in [3.63, 3.8) is 0 Å². The lowest BCUT2D eigenvalue weighted by molar-refractivity contribution is -0.147. The van der Waals surface area contributed by atoms with Crippen molar-refractivity contribution in [3.8, 4) is 11.1 Å². The summed E-state index contributed by atoms with van der Waals surface area (Å²) in [6.07, 6.45) is 0. The summed E-state index contributed by atoms with van der Waals surface area (Å²) >= 11 is 0. The largest absolute Gasteiger partial charge is 0.444 e. The highest BCUT2D eigenvalue weighted by molar-refractivity contribution is 6.13. The summed E-state index contributed by atoms with van der Waals surface area (Å²) in [4.78, 5) is 37.5. The van der Waals surface area contributed by atoms with Gasteiger partial charge in [-0.2, -0.15) is 0 Å². The molecular weight excluding hydrogens is 308 g/mol. The van der Waals surface area contributed by atoms with Crippen LogP contribution in [0.2, 0.25) is 0 Å². The Morgan fingerprint density at radius 3 is 2.12 bits per heavy atom. The van der Waals surface area contributed by atoms with Gasteiger partial charge < -0.3 is 10.1 Å². The summed E-state index contributed by atoms with van der Waals surface area (Å²) in [6, 6.07) is 14.4. The predicted molar refractivity (Wildman–Crippen MR) is 84.7 cm³/mol. The summed E-state index contributed by atoms with van der Waals surface area (Å²) in [7, 11) is 0. The maximum Gasteiger partial charge on any atom is 0.328 e. The van der Waals surface area contributed by atoms with E-state index in [-0.39, 0.29) is 0 Å². The minimum Gasteiger partial charge on any atom is -0.444 e. The van der Waals surface area contributed by atoms with Crippen molar-refractivity contribution in [2.75, 3.05) is 6.73 Å². The summed E-state index contributed by atoms with van der Waals surface area (Å²) < 4.78 is 4.85. The monoisotopic (exact) mass is 322 g/mol. The minimum absolute atomic E-state index is 0.397. The SMILES string of the molecule is CC(=O)OCN1C(=O)NC2(C1=O)c1ccccc1-c1ccccc12. The predicted octanol–water partition coefficient (Wildman–Crippen LogP) is 1.98. The highest BCUT2D eigenvalue weighted by atomic mass is 16.5. The van der Waals surface area contributed by atoms with Crippen LogP contribution in [-0.2, 0) is 19.9 Å². The van der Waals surface area contributed by atoms with Crippen LogP contribution in [0.25, 0.3) is 11.1 Å². The topological polar surface area (TPSA) is 75.7 Å². The molecule has 1 heterocycles. The number of amides is 3. The first-order valence-corrected chi connectivity index (χ1v) is 7.52. The molecule has 6 nitrogen and oxygen atoms in total. The van der Waals surface area contributed by atoms with Crippen LogP contribution in [0.3, 0.4) is 0 Å². The van der Waals surface area contributed by atoms with Crippen LogP contribution >= 0.6 is 0 Å². The van der Waals surface area contributed by atoms with Gasteiger partial charge in [-0.05, 0) is 22.3 Å². The second-order valence-corrected chi connectivity index (χ2v) is 5.77. The van der Waals surface area contributed by atoms with E-state index in [0.717, 1.165) is 27.2 Å². The molecule has 0 saturated carbocycles. The van der Waals surface area contributed by atoms with E-state index in [1.807, 2.05) is 48.5 Å². The fourth-order valence-electron chi connectivity index (χ4n) is 3.45. The van der Waals surface area contributed by atoms with Crippen molar-refractivity contribution >= 4 is 17.9 Å². The van der Waals surface area contributed by atoms with Gasteiger partial charge in [-0.15, -0.1) is 0 Å². The molecule has 6 heteroatoms. The fourth-order valence-corrected chi connectivity index (χ4v) is 3.45. The van der Waals surface area contributed by atoms with Crippen LogP contribution in [0.4, 0.5) is 4.79 Å². The number of rotatable bonds is 2. The van der Waals surface area contributed by atoms with Crippen molar-refractivity contribution < 1.29 is 19.1 Å². The van der Waals surface area contributed by atoms with Crippen LogP contribution < -0.4 is 5.32 Å². The number of esters is 1. The number of hydrogen-bond donors (Lipinski definition) is 1. The van der Waals surface area contributed by atoms with E-state index in [1.165, 1.54) is 6.92 Å². The van der Waals surface area contributed by atoms with Gasteiger partial charge in [0.15, 0.2) is 12.3 Å². The highest BCUT2D eigenvalue weighted by Crippen LogP contribution is 2.49. The Labute approximate surface area is 138 Å². The molecule has 0 aromatic heterocycles. The van der Waals surface area contributed by atoms with E-state index in [9.17, 15) is 14.4 Å². The van der Waals surface area contributed by atoms with Crippen molar-refractivity contribution in [3.05, 3.63) is 59.7 Å². The van der Waals surface area contributed by atoms with Crippen LogP contribution in [0.5, 0.6) is 0 Å². The smallest absolute Gasteiger partial charge is 0.328 e. The Bertz CT molecular complexity index is 845. The van der Waals surface area contributed by atoms with Gasteiger partial charge in [-0.25, -0.2) is 9.69 Å². The molecule has 2 aromatic carbocycles. The zero-order valence-corrected chi connectivity index (χ0v) is 12.9. The van der Waals surface area contributed by atoms with Crippen molar-refractivity contribution in [2.24, 2.45) is 0 Å². The second kappa shape index (κ2) is 4.92. The van der Waals surface area contributed by atoms with Gasteiger partial charge in [0, 0.05) is 6.92 Å². The van der Waals surface area contributed by atoms with E-state index in [0.29, 0.717) is 0 Å². The molecule has 3 amide bonds. The first-order valence-electron chi connectivity index (χ1n) is 7.52. The molecule has 1 aliphatic carbocycles. The molecule has 1 aliphatic heterocycles. The molecule has 1 fully saturated rings. The lowest BCUT2D eigenvalue weighted by Crippen LogP contribution is -2.43. The van der Waals surface area contributed by atoms with E-state index in [4.69, 9.17) is 4.74 Å². The van der Waals surface area contributed by atoms with Gasteiger partial charge in [-0.1, -0.05) is 48.5 Å². The molecule has 0 radical (unpaired) electrons. The fraction of sp³-hybridized carbons (Fsp3) is 0.167. The highest BCUT2D eigenvalue weighted by Gasteiger charge is 2.58. The lowest BCUT2D eigenvalue weighted by atomic mass is 9.87. The average Bonchev–Trinajstić information content (AvgIpc) is 3.00. The van der Waals surface area contributed by atoms with Gasteiger partial charge in [0.2, 0.25) is 0 Å². The molecule has 4 rings (SSSR count). The Balaban J connectivity index is 1.87. The number of ether oxygens (including phenoxy) is 1. The summed E-state index contributed by atoms with van der Waals surface area (Å²) in [5.41, 5.74) is 2.03. The van der Waals surface area contributed by atoms with Crippen molar-refractivity contribution in [1.82, 2.24) is 10.2 Å². The van der Waals surface area contributed by atoms with E-state index >= 15 is 0 Å². The van der Waals surface area contributed by atoms with Gasteiger partial charge in [0.1, 0.15) is 0 Å². The van der Waals surface area contributed by atoms with E-state index in [2.05, 4.69) is 5.32 Å². The molecule has 0 bridgehead atoms. The van der Waals surface area contributed by atoms with E-state index < -0.39 is 30.2 Å². The van der Waals surface area contributed by atoms with Crippen LogP contribution in [0.15, 0.2) is 48.5 Å². The molecule has 2 aromatic rings. The minimum atomic E-state index is -1.26. The summed E-state index contributed by atoms with van der Waals surface area (Å²) in [6.45, 7) is 0.834. The van der Waals surface area contributed by atoms with Gasteiger partial charge >= 0.3 is 12.0 Å². The number of hydrogen-bond acceptors (Lipinski definition) is 4. The molecule has 1 spiro atoms. The number of fused-ring (bicyclic) bond motifs is 5. The number of carbonyl (C=O) groups is 3. The Morgan fingerprint density at radius 1 is 1.04 bits per heavy atom. The quantitative estimate of drug-likeness (QED) is 0.677. The van der Waals surface area contributed by atoms with Gasteiger partial charge in [0.05, 0.1) is 0 Å². The normalized spacial score (nSPS) is 16.8. The lowest BCUT2D eigenvalue weighted by Gasteiger charge is -2.24. The molecule has 2 aliphatic rings. The molecule has 0 atom stereocenters. The molecule has 0 unspecified atom stereocenters. The average molecular weight is 322 g/mol. The standard InChI is InChI=1S/C18H14N2O4/c1-11(21)24-10-20-16(22)18(19-17(20)23)14-8-4-2-6-12(14)13-7-3-5-9-15(13)18/h2-9H,10H2,1H3,(H,19,23). The van der Waals surface area contributed by atoms with Gasteiger partial charge in [-0.3, -0.25) is 9.59 Å². The number of carbonyl (C=O) groups excluding carboxylic acids is 3. The Kier molecular flexibility index (Phi) is 2.96. The van der Waals surface area contributed by atoms with Gasteiger partial charge in [0.25, 0.3) is 5.91 Å². The van der Waals surface area contributed by atoms with Crippen LogP contribution in [-0.4, -0.2) is 29.5 Å². The Hall–Kier alpha value is -3.15. The maximum atomic E-state index is 13.1. The third-order valence-electron chi connectivity index (χ3n) is 4.45. The number of urea groups is 1. The van der Waals surface area contributed by atoms with Crippen LogP contribution in [0, 0.1) is 0 Å². The molecule has 1 saturated heterocycles. The zero-order chi connectivity index (χ0) is 16.9. The molecule has 120 valence electrons. The number of nitrogens with zero attached hydrogens (tertiary/aromatic N) is 1. The first-order chi connectivity index (χ1) is 11.6. The Morgan fingerprint density at radius 2 is 1.58 bits per heavy atom.